The van der Waals surface area contributed by atoms with Crippen LogP contribution in [0, 0.1) is 0 Å². The smallest absolute Gasteiger partial charge is 0.215 e. The molecule has 3 aliphatic rings. The summed E-state index contributed by atoms with van der Waals surface area (Å²) >= 11 is 1.82. The molecule has 28 heavy (non-hydrogen) atoms. The molecule has 1 aliphatic carbocycles. The molecule has 0 aromatic rings. The standard InChI is InChI=1S/C19H37N5O2S2/c1-20-19(21-9-16-28(25,26)24-12-14-27-15-13-24)22-17-7-10-23(11-8-17)18-5-3-2-4-6-18/h17-18H,2-16H2,1H3,(H2,20,21,22). The summed E-state index contributed by atoms with van der Waals surface area (Å²) in [7, 11) is -1.42. The Labute approximate surface area is 175 Å². The number of guanidine groups is 1. The third kappa shape index (κ3) is 6.50. The first kappa shape index (κ1) is 22.2. The van der Waals surface area contributed by atoms with Crippen molar-refractivity contribution in [3.63, 3.8) is 0 Å². The number of nitrogens with one attached hydrogen (secondary N) is 2. The van der Waals surface area contributed by atoms with Gasteiger partial charge in [-0.1, -0.05) is 19.3 Å². The number of thioether (sulfide) groups is 1. The van der Waals surface area contributed by atoms with E-state index in [-0.39, 0.29) is 5.75 Å². The maximum atomic E-state index is 12.4. The highest BCUT2D eigenvalue weighted by atomic mass is 32.2. The molecule has 0 aromatic heterocycles. The van der Waals surface area contributed by atoms with Crippen LogP contribution in [0.2, 0.25) is 0 Å². The van der Waals surface area contributed by atoms with Gasteiger partial charge < -0.3 is 15.5 Å². The third-order valence-electron chi connectivity index (χ3n) is 6.20. The van der Waals surface area contributed by atoms with Crippen molar-refractivity contribution in [1.82, 2.24) is 19.8 Å². The van der Waals surface area contributed by atoms with E-state index in [0.29, 0.717) is 25.7 Å². The lowest BCUT2D eigenvalue weighted by Gasteiger charge is -2.39. The van der Waals surface area contributed by atoms with Crippen LogP contribution >= 0.6 is 11.8 Å². The number of rotatable bonds is 6. The molecular formula is C19H37N5O2S2. The van der Waals surface area contributed by atoms with Crippen molar-refractivity contribution in [1.29, 1.82) is 0 Å². The monoisotopic (exact) mass is 431 g/mol. The van der Waals surface area contributed by atoms with Crippen LogP contribution in [-0.2, 0) is 10.0 Å². The second-order valence-electron chi connectivity index (χ2n) is 8.07. The molecule has 2 aliphatic heterocycles. The van der Waals surface area contributed by atoms with E-state index in [4.69, 9.17) is 0 Å². The summed E-state index contributed by atoms with van der Waals surface area (Å²) in [6.45, 7) is 3.98. The minimum Gasteiger partial charge on any atom is -0.355 e. The van der Waals surface area contributed by atoms with Crippen molar-refractivity contribution in [2.45, 2.75) is 57.0 Å². The van der Waals surface area contributed by atoms with Gasteiger partial charge in [0.1, 0.15) is 0 Å². The quantitative estimate of drug-likeness (QED) is 0.488. The predicted molar refractivity (Wildman–Crippen MR) is 119 cm³/mol. The molecule has 162 valence electrons. The van der Waals surface area contributed by atoms with Crippen LogP contribution in [0.15, 0.2) is 4.99 Å². The summed E-state index contributed by atoms with van der Waals surface area (Å²) in [5.74, 6) is 2.64. The van der Waals surface area contributed by atoms with Gasteiger partial charge in [0, 0.05) is 63.4 Å². The van der Waals surface area contributed by atoms with Crippen molar-refractivity contribution in [3.05, 3.63) is 0 Å². The van der Waals surface area contributed by atoms with Crippen LogP contribution in [0.4, 0.5) is 0 Å². The molecule has 1 saturated carbocycles. The van der Waals surface area contributed by atoms with Gasteiger partial charge in [0.15, 0.2) is 5.96 Å². The van der Waals surface area contributed by atoms with Crippen LogP contribution in [0.3, 0.4) is 0 Å². The van der Waals surface area contributed by atoms with Gasteiger partial charge in [-0.3, -0.25) is 4.99 Å². The number of hydrogen-bond donors (Lipinski definition) is 2. The molecule has 2 heterocycles. The molecule has 0 bridgehead atoms. The molecular weight excluding hydrogens is 394 g/mol. The van der Waals surface area contributed by atoms with Gasteiger partial charge in [-0.15, -0.1) is 0 Å². The Balaban J connectivity index is 1.36. The van der Waals surface area contributed by atoms with Crippen LogP contribution in [0.1, 0.15) is 44.9 Å². The SMILES string of the molecule is CN=C(NCCS(=O)(=O)N1CCSCC1)NC1CCN(C2CCCCC2)CC1. The number of nitrogens with zero attached hydrogens (tertiary/aromatic N) is 3. The van der Waals surface area contributed by atoms with E-state index >= 15 is 0 Å². The minimum atomic E-state index is -3.17. The maximum Gasteiger partial charge on any atom is 0.215 e. The zero-order chi connectivity index (χ0) is 19.8. The molecule has 0 unspecified atom stereocenters. The Morgan fingerprint density at radius 2 is 1.71 bits per heavy atom. The summed E-state index contributed by atoms with van der Waals surface area (Å²) in [5, 5.41) is 6.70. The van der Waals surface area contributed by atoms with Crippen LogP contribution in [-0.4, -0.2) is 92.7 Å². The Morgan fingerprint density at radius 3 is 2.36 bits per heavy atom. The van der Waals surface area contributed by atoms with Gasteiger partial charge in [0.05, 0.1) is 5.75 Å². The van der Waals surface area contributed by atoms with Crippen molar-refractivity contribution in [3.8, 4) is 0 Å². The van der Waals surface area contributed by atoms with Gasteiger partial charge in [-0.25, -0.2) is 12.7 Å². The maximum absolute atomic E-state index is 12.4. The molecule has 0 radical (unpaired) electrons. The number of aliphatic imine (C=N–C) groups is 1. The molecule has 7 nitrogen and oxygen atoms in total. The van der Waals surface area contributed by atoms with Gasteiger partial charge >= 0.3 is 0 Å². The molecule has 3 rings (SSSR count). The second kappa shape index (κ2) is 11.0. The first-order chi connectivity index (χ1) is 13.6. The van der Waals surface area contributed by atoms with Gasteiger partial charge in [-0.05, 0) is 25.7 Å². The van der Waals surface area contributed by atoms with Crippen LogP contribution in [0.25, 0.3) is 0 Å². The fraction of sp³-hybridized carbons (Fsp3) is 0.947. The summed E-state index contributed by atoms with van der Waals surface area (Å²) in [4.78, 5) is 6.97. The molecule has 2 saturated heterocycles. The molecule has 0 atom stereocenters. The van der Waals surface area contributed by atoms with E-state index in [0.717, 1.165) is 49.4 Å². The van der Waals surface area contributed by atoms with Gasteiger partial charge in [-0.2, -0.15) is 11.8 Å². The Morgan fingerprint density at radius 1 is 1.04 bits per heavy atom. The van der Waals surface area contributed by atoms with Crippen molar-refractivity contribution in [2.24, 2.45) is 4.99 Å². The van der Waals surface area contributed by atoms with Gasteiger partial charge in [0.25, 0.3) is 0 Å². The number of hydrogen-bond acceptors (Lipinski definition) is 5. The Kier molecular flexibility index (Phi) is 8.74. The van der Waals surface area contributed by atoms with Crippen molar-refractivity contribution < 1.29 is 8.42 Å². The summed E-state index contributed by atoms with van der Waals surface area (Å²) < 4.78 is 26.5. The highest BCUT2D eigenvalue weighted by Crippen LogP contribution is 2.25. The van der Waals surface area contributed by atoms with E-state index < -0.39 is 10.0 Å². The molecule has 0 amide bonds. The van der Waals surface area contributed by atoms with Crippen LogP contribution in [0.5, 0.6) is 0 Å². The first-order valence-electron chi connectivity index (χ1n) is 10.9. The van der Waals surface area contributed by atoms with E-state index in [1.54, 1.807) is 11.4 Å². The largest absolute Gasteiger partial charge is 0.355 e. The van der Waals surface area contributed by atoms with Crippen molar-refractivity contribution >= 4 is 27.7 Å². The van der Waals surface area contributed by atoms with E-state index in [1.165, 1.54) is 32.1 Å². The summed E-state index contributed by atoms with van der Waals surface area (Å²) in [6, 6.07) is 1.22. The average Bonchev–Trinajstić information content (AvgIpc) is 2.74. The summed E-state index contributed by atoms with van der Waals surface area (Å²) in [6.07, 6.45) is 9.17. The fourth-order valence-corrected chi connectivity index (χ4v) is 6.99. The topological polar surface area (TPSA) is 77.0 Å². The lowest BCUT2D eigenvalue weighted by molar-refractivity contribution is 0.119. The van der Waals surface area contributed by atoms with E-state index in [9.17, 15) is 8.42 Å². The number of likely N-dealkylation sites (tertiary alicyclic amines) is 1. The molecule has 9 heteroatoms. The highest BCUT2D eigenvalue weighted by Gasteiger charge is 2.27. The van der Waals surface area contributed by atoms with Crippen molar-refractivity contribution in [2.75, 3.05) is 57.0 Å². The normalized spacial score (nSPS) is 25.0. The zero-order valence-corrected chi connectivity index (χ0v) is 18.9. The number of sulfonamides is 1. The zero-order valence-electron chi connectivity index (χ0n) is 17.2. The van der Waals surface area contributed by atoms with E-state index in [1.807, 2.05) is 11.8 Å². The highest BCUT2D eigenvalue weighted by molar-refractivity contribution is 7.99. The summed E-state index contributed by atoms with van der Waals surface area (Å²) in [5.41, 5.74) is 0. The Bertz CT molecular complexity index is 593. The predicted octanol–water partition coefficient (Wildman–Crippen LogP) is 1.33. The van der Waals surface area contributed by atoms with Gasteiger partial charge in [0.2, 0.25) is 10.0 Å². The lowest BCUT2D eigenvalue weighted by atomic mass is 9.92. The minimum absolute atomic E-state index is 0.124. The lowest BCUT2D eigenvalue weighted by Crippen LogP contribution is -2.51. The Hall–Kier alpha value is -0.510. The van der Waals surface area contributed by atoms with Crippen LogP contribution < -0.4 is 10.6 Å². The first-order valence-corrected chi connectivity index (χ1v) is 13.6. The number of piperidine rings is 1. The average molecular weight is 432 g/mol. The third-order valence-corrected chi connectivity index (χ3v) is 9.02. The van der Waals surface area contributed by atoms with E-state index in [2.05, 4.69) is 20.5 Å². The second-order valence-corrected chi connectivity index (χ2v) is 11.4. The molecule has 0 aromatic carbocycles. The molecule has 0 spiro atoms. The molecule has 3 fully saturated rings. The molecule has 2 N–H and O–H groups in total. The fourth-order valence-electron chi connectivity index (χ4n) is 4.50.